The zero-order valence-corrected chi connectivity index (χ0v) is 15.0. The smallest absolute Gasteiger partial charge is 0.341 e. The van der Waals surface area contributed by atoms with Gasteiger partial charge in [0.25, 0.3) is 11.6 Å². The number of hydrogen-bond acceptors (Lipinski definition) is 6. The van der Waals surface area contributed by atoms with Gasteiger partial charge in [-0.1, -0.05) is 11.6 Å². The van der Waals surface area contributed by atoms with Crippen molar-refractivity contribution in [3.8, 4) is 0 Å². The lowest BCUT2D eigenvalue weighted by Crippen LogP contribution is -2.30. The summed E-state index contributed by atoms with van der Waals surface area (Å²) in [6, 6.07) is 7.29. The number of benzene rings is 2. The maximum Gasteiger partial charge on any atom is 0.341 e. The molecule has 27 heavy (non-hydrogen) atoms. The molecule has 0 unspecified atom stereocenters. The fourth-order valence-electron chi connectivity index (χ4n) is 2.14. The minimum Gasteiger partial charge on any atom is -0.449 e. The summed E-state index contributed by atoms with van der Waals surface area (Å²) in [4.78, 5) is 34.7. The van der Waals surface area contributed by atoms with Crippen molar-refractivity contribution in [3.63, 3.8) is 0 Å². The number of rotatable bonds is 6. The first kappa shape index (κ1) is 20.1. The molecule has 1 atom stereocenters. The minimum atomic E-state index is -1.28. The van der Waals surface area contributed by atoms with Gasteiger partial charge in [-0.05, 0) is 31.2 Å². The van der Waals surface area contributed by atoms with Crippen LogP contribution in [0.5, 0.6) is 0 Å². The molecule has 0 aromatic heterocycles. The lowest BCUT2D eigenvalue weighted by Gasteiger charge is -2.15. The van der Waals surface area contributed by atoms with Gasteiger partial charge in [0.05, 0.1) is 16.2 Å². The topological polar surface area (TPSA) is 111 Å². The summed E-state index contributed by atoms with van der Waals surface area (Å²) in [6.45, 7) is 1.29. The molecule has 10 heteroatoms. The van der Waals surface area contributed by atoms with Gasteiger partial charge in [-0.15, -0.1) is 0 Å². The Balaban J connectivity index is 2.13. The van der Waals surface area contributed by atoms with Crippen LogP contribution in [0.25, 0.3) is 0 Å². The molecule has 2 N–H and O–H groups in total. The second kappa shape index (κ2) is 8.45. The van der Waals surface area contributed by atoms with Crippen LogP contribution in [0.2, 0.25) is 5.02 Å². The van der Waals surface area contributed by atoms with Crippen LogP contribution in [0.4, 0.5) is 21.5 Å². The van der Waals surface area contributed by atoms with Gasteiger partial charge in [0.15, 0.2) is 6.10 Å². The zero-order chi connectivity index (χ0) is 20.1. The molecular formula is C17H15ClFN3O5. The second-order valence-electron chi connectivity index (χ2n) is 5.40. The van der Waals surface area contributed by atoms with Crippen LogP contribution < -0.4 is 10.6 Å². The van der Waals surface area contributed by atoms with Crippen molar-refractivity contribution in [2.75, 3.05) is 17.7 Å². The molecule has 0 bridgehead atoms. The zero-order valence-electron chi connectivity index (χ0n) is 14.3. The lowest BCUT2D eigenvalue weighted by molar-refractivity contribution is -0.384. The summed E-state index contributed by atoms with van der Waals surface area (Å²) in [6.07, 6.45) is -1.28. The molecular weight excluding hydrogens is 381 g/mol. The Morgan fingerprint density at radius 1 is 1.22 bits per heavy atom. The van der Waals surface area contributed by atoms with Crippen molar-refractivity contribution in [1.82, 2.24) is 0 Å². The van der Waals surface area contributed by atoms with Crippen molar-refractivity contribution in [3.05, 3.63) is 62.9 Å². The largest absolute Gasteiger partial charge is 0.449 e. The van der Waals surface area contributed by atoms with E-state index in [1.807, 2.05) is 0 Å². The Morgan fingerprint density at radius 3 is 2.48 bits per heavy atom. The standard InChI is InChI=1S/C17H15ClFN3O5/c1-9(16(23)21-15-5-3-10(18)7-13(15)19)27-17(24)12-8-11(22(25)26)4-6-14(12)20-2/h3-9,20H,1-2H3,(H,21,23)/t9-/m1/s1. The van der Waals surface area contributed by atoms with Gasteiger partial charge in [-0.25, -0.2) is 9.18 Å². The first-order chi connectivity index (χ1) is 12.7. The summed E-state index contributed by atoms with van der Waals surface area (Å²) in [5.74, 6) is -2.46. The van der Waals surface area contributed by atoms with Crippen molar-refractivity contribution in [2.45, 2.75) is 13.0 Å². The van der Waals surface area contributed by atoms with E-state index in [0.29, 0.717) is 5.69 Å². The number of nitro benzene ring substituents is 1. The minimum absolute atomic E-state index is 0.107. The number of nitrogens with zero attached hydrogens (tertiary/aromatic N) is 1. The van der Waals surface area contributed by atoms with E-state index in [2.05, 4.69) is 10.6 Å². The number of amides is 1. The van der Waals surface area contributed by atoms with Crippen molar-refractivity contribution < 1.29 is 23.6 Å². The van der Waals surface area contributed by atoms with Crippen LogP contribution >= 0.6 is 11.6 Å². The van der Waals surface area contributed by atoms with Crippen molar-refractivity contribution >= 4 is 40.5 Å². The highest BCUT2D eigenvalue weighted by Crippen LogP contribution is 2.23. The number of hydrogen-bond donors (Lipinski definition) is 2. The molecule has 0 heterocycles. The second-order valence-corrected chi connectivity index (χ2v) is 5.83. The number of non-ortho nitro benzene ring substituents is 1. The molecule has 1 amide bonds. The molecule has 0 radical (unpaired) electrons. The third kappa shape index (κ3) is 4.91. The van der Waals surface area contributed by atoms with Gasteiger partial charge < -0.3 is 15.4 Å². The third-order valence-corrected chi connectivity index (χ3v) is 3.78. The molecule has 0 saturated heterocycles. The summed E-state index contributed by atoms with van der Waals surface area (Å²) in [5, 5.41) is 16.0. The number of nitrogens with one attached hydrogen (secondary N) is 2. The van der Waals surface area contributed by atoms with E-state index in [4.69, 9.17) is 16.3 Å². The normalized spacial score (nSPS) is 11.4. The molecule has 0 saturated carbocycles. The predicted molar refractivity (Wildman–Crippen MR) is 97.6 cm³/mol. The van der Waals surface area contributed by atoms with Crippen LogP contribution in [-0.4, -0.2) is 30.0 Å². The van der Waals surface area contributed by atoms with E-state index in [0.717, 1.165) is 12.1 Å². The Kier molecular flexibility index (Phi) is 6.30. The number of halogens is 2. The molecule has 0 fully saturated rings. The molecule has 2 aromatic carbocycles. The summed E-state index contributed by atoms with van der Waals surface area (Å²) in [7, 11) is 1.53. The molecule has 8 nitrogen and oxygen atoms in total. The summed E-state index contributed by atoms with van der Waals surface area (Å²) < 4.78 is 18.8. The van der Waals surface area contributed by atoms with Gasteiger partial charge in [-0.3, -0.25) is 14.9 Å². The molecule has 0 spiro atoms. The van der Waals surface area contributed by atoms with Crippen LogP contribution in [0.3, 0.4) is 0 Å². The summed E-state index contributed by atoms with van der Waals surface area (Å²) >= 11 is 5.64. The van der Waals surface area contributed by atoms with E-state index in [1.165, 1.54) is 38.2 Å². The molecule has 2 aromatic rings. The number of carbonyl (C=O) groups is 2. The number of anilines is 2. The van der Waals surface area contributed by atoms with Crippen LogP contribution in [0.1, 0.15) is 17.3 Å². The lowest BCUT2D eigenvalue weighted by atomic mass is 10.1. The Morgan fingerprint density at radius 2 is 1.89 bits per heavy atom. The number of ether oxygens (including phenoxy) is 1. The fourth-order valence-corrected chi connectivity index (χ4v) is 2.29. The van der Waals surface area contributed by atoms with Gasteiger partial charge in [0.1, 0.15) is 5.82 Å². The quantitative estimate of drug-likeness (QED) is 0.439. The monoisotopic (exact) mass is 395 g/mol. The maximum atomic E-state index is 13.7. The van der Waals surface area contributed by atoms with Gasteiger partial charge in [0, 0.05) is 29.9 Å². The average molecular weight is 396 g/mol. The van der Waals surface area contributed by atoms with E-state index < -0.39 is 28.7 Å². The van der Waals surface area contributed by atoms with E-state index >= 15 is 0 Å². The molecule has 0 aliphatic carbocycles. The van der Waals surface area contributed by atoms with E-state index in [-0.39, 0.29) is 22.0 Å². The Hall–Kier alpha value is -3.20. The van der Waals surface area contributed by atoms with Gasteiger partial charge >= 0.3 is 5.97 Å². The van der Waals surface area contributed by atoms with Crippen LogP contribution in [0, 0.1) is 15.9 Å². The maximum absolute atomic E-state index is 13.7. The fraction of sp³-hybridized carbons (Fsp3) is 0.176. The molecule has 2 rings (SSSR count). The highest BCUT2D eigenvalue weighted by atomic mass is 35.5. The SMILES string of the molecule is CNc1ccc([N+](=O)[O-])cc1C(=O)O[C@H](C)C(=O)Nc1ccc(Cl)cc1F. The van der Waals surface area contributed by atoms with Gasteiger partial charge in [-0.2, -0.15) is 0 Å². The molecule has 142 valence electrons. The van der Waals surface area contributed by atoms with E-state index in [1.54, 1.807) is 0 Å². The number of nitro groups is 1. The van der Waals surface area contributed by atoms with Crippen LogP contribution in [-0.2, 0) is 9.53 Å². The van der Waals surface area contributed by atoms with Crippen LogP contribution in [0.15, 0.2) is 36.4 Å². The van der Waals surface area contributed by atoms with Crippen molar-refractivity contribution in [1.29, 1.82) is 0 Å². The summed E-state index contributed by atoms with van der Waals surface area (Å²) in [5.41, 5.74) is -0.245. The highest BCUT2D eigenvalue weighted by Gasteiger charge is 2.23. The molecule has 0 aliphatic heterocycles. The third-order valence-electron chi connectivity index (χ3n) is 3.55. The van der Waals surface area contributed by atoms with Crippen molar-refractivity contribution in [2.24, 2.45) is 0 Å². The first-order valence-corrected chi connectivity index (χ1v) is 8.03. The molecule has 0 aliphatic rings. The Labute approximate surface area is 158 Å². The van der Waals surface area contributed by atoms with Gasteiger partial charge in [0.2, 0.25) is 0 Å². The Bertz CT molecular complexity index is 906. The highest BCUT2D eigenvalue weighted by molar-refractivity contribution is 6.30. The average Bonchev–Trinajstić information content (AvgIpc) is 2.63. The number of esters is 1. The first-order valence-electron chi connectivity index (χ1n) is 7.66. The number of carbonyl (C=O) groups excluding carboxylic acids is 2. The predicted octanol–water partition coefficient (Wildman–Crippen LogP) is 3.61. The van der Waals surface area contributed by atoms with E-state index in [9.17, 15) is 24.1 Å².